The van der Waals surface area contributed by atoms with Gasteiger partial charge in [0.25, 0.3) is 10.0 Å². The van der Waals surface area contributed by atoms with Crippen molar-refractivity contribution in [3.05, 3.63) is 83.9 Å². The van der Waals surface area contributed by atoms with Gasteiger partial charge in [-0.1, -0.05) is 38.1 Å². The molecule has 6 nitrogen and oxygen atoms in total. The number of anilines is 2. The van der Waals surface area contributed by atoms with Crippen LogP contribution < -0.4 is 14.8 Å². The average Bonchev–Trinajstić information content (AvgIpc) is 2.79. The highest BCUT2D eigenvalue weighted by atomic mass is 32.2. The van der Waals surface area contributed by atoms with E-state index in [2.05, 4.69) is 36.0 Å². The monoisotopic (exact) mass is 466 g/mol. The second-order valence-corrected chi connectivity index (χ2v) is 10.1. The number of hydrogen-bond donors (Lipinski definition) is 2. The fourth-order valence-corrected chi connectivity index (χ4v) is 4.46. The third-order valence-electron chi connectivity index (χ3n) is 5.29. The summed E-state index contributed by atoms with van der Waals surface area (Å²) in [6, 6.07) is 20.8. The minimum absolute atomic E-state index is 0.102. The van der Waals surface area contributed by atoms with Crippen LogP contribution in [0.15, 0.2) is 77.7 Å². The zero-order chi connectivity index (χ0) is 24.0. The summed E-state index contributed by atoms with van der Waals surface area (Å²) in [7, 11) is -2.21. The van der Waals surface area contributed by atoms with E-state index in [1.165, 1.54) is 17.7 Å². The topological polar surface area (TPSA) is 84.5 Å². The highest BCUT2D eigenvalue weighted by Gasteiger charge is 2.17. The lowest BCUT2D eigenvalue weighted by Gasteiger charge is -2.14. The zero-order valence-electron chi connectivity index (χ0n) is 19.3. The van der Waals surface area contributed by atoms with Gasteiger partial charge in [0.1, 0.15) is 5.75 Å². The number of rotatable bonds is 9. The molecule has 1 atom stereocenters. The predicted molar refractivity (Wildman–Crippen MR) is 132 cm³/mol. The molecule has 0 radical (unpaired) electrons. The smallest absolute Gasteiger partial charge is 0.261 e. The zero-order valence-corrected chi connectivity index (χ0v) is 20.1. The molecule has 2 N–H and O–H groups in total. The van der Waals surface area contributed by atoms with E-state index in [1.54, 1.807) is 43.5 Å². The number of sulfonamides is 1. The maximum Gasteiger partial charge on any atom is 0.261 e. The lowest BCUT2D eigenvalue weighted by atomic mass is 9.96. The molecule has 0 bridgehead atoms. The summed E-state index contributed by atoms with van der Waals surface area (Å²) in [5, 5.41) is 2.86. The van der Waals surface area contributed by atoms with Gasteiger partial charge in [-0.3, -0.25) is 9.52 Å². The molecule has 3 rings (SSSR count). The Balaban J connectivity index is 1.63. The van der Waals surface area contributed by atoms with Crippen molar-refractivity contribution in [2.24, 2.45) is 5.92 Å². The van der Waals surface area contributed by atoms with E-state index in [0.29, 0.717) is 23.0 Å². The molecule has 0 aliphatic carbocycles. The standard InChI is InChI=1S/C26H30N2O4S/c1-18(2)17-20-5-7-21(8-6-20)19(3)26(29)27-22-11-15-25(16-12-22)33(30,31)28-23-9-13-24(32-4)14-10-23/h5-16,18-19,28H,17H2,1-4H3,(H,27,29). The van der Waals surface area contributed by atoms with Gasteiger partial charge in [-0.05, 0) is 78.9 Å². The molecule has 3 aromatic rings. The van der Waals surface area contributed by atoms with Crippen molar-refractivity contribution in [2.45, 2.75) is 38.0 Å². The highest BCUT2D eigenvalue weighted by molar-refractivity contribution is 7.92. The number of benzene rings is 3. The van der Waals surface area contributed by atoms with Gasteiger partial charge in [0.05, 0.1) is 17.9 Å². The number of carbonyl (C=O) groups excluding carboxylic acids is 1. The van der Waals surface area contributed by atoms with Crippen molar-refractivity contribution in [1.29, 1.82) is 0 Å². The third-order valence-corrected chi connectivity index (χ3v) is 6.69. The molecule has 33 heavy (non-hydrogen) atoms. The first-order valence-electron chi connectivity index (χ1n) is 10.8. The van der Waals surface area contributed by atoms with Crippen LogP contribution in [0.25, 0.3) is 0 Å². The molecule has 3 aromatic carbocycles. The number of methoxy groups -OCH3 is 1. The first kappa shape index (κ1) is 24.3. The van der Waals surface area contributed by atoms with E-state index >= 15 is 0 Å². The van der Waals surface area contributed by atoms with Crippen LogP contribution >= 0.6 is 0 Å². The molecular weight excluding hydrogens is 436 g/mol. The molecule has 7 heteroatoms. The van der Waals surface area contributed by atoms with Gasteiger partial charge in [0, 0.05) is 11.4 Å². The maximum atomic E-state index is 12.7. The minimum Gasteiger partial charge on any atom is -0.497 e. The van der Waals surface area contributed by atoms with Crippen molar-refractivity contribution in [2.75, 3.05) is 17.1 Å². The predicted octanol–water partition coefficient (Wildman–Crippen LogP) is 5.44. The van der Waals surface area contributed by atoms with Gasteiger partial charge in [-0.25, -0.2) is 8.42 Å². The van der Waals surface area contributed by atoms with E-state index in [-0.39, 0.29) is 16.7 Å². The molecule has 0 saturated heterocycles. The second-order valence-electron chi connectivity index (χ2n) is 8.41. The third kappa shape index (κ3) is 6.58. The van der Waals surface area contributed by atoms with Gasteiger partial charge in [-0.15, -0.1) is 0 Å². The molecule has 1 amide bonds. The molecule has 174 valence electrons. The SMILES string of the molecule is COc1ccc(NS(=O)(=O)c2ccc(NC(=O)C(C)c3ccc(CC(C)C)cc3)cc2)cc1. The second kappa shape index (κ2) is 10.5. The van der Waals surface area contributed by atoms with Crippen LogP contribution in [-0.2, 0) is 21.2 Å². The van der Waals surface area contributed by atoms with Crippen LogP contribution in [-0.4, -0.2) is 21.4 Å². The first-order valence-corrected chi connectivity index (χ1v) is 12.3. The number of amides is 1. The molecule has 0 aliphatic rings. The quantitative estimate of drug-likeness (QED) is 0.440. The van der Waals surface area contributed by atoms with Gasteiger partial charge in [0.2, 0.25) is 5.91 Å². The van der Waals surface area contributed by atoms with Crippen molar-refractivity contribution >= 4 is 27.3 Å². The number of ether oxygens (including phenoxy) is 1. The molecule has 0 spiro atoms. The summed E-state index contributed by atoms with van der Waals surface area (Å²) >= 11 is 0. The Morgan fingerprint density at radius 2 is 1.42 bits per heavy atom. The fraction of sp³-hybridized carbons (Fsp3) is 0.269. The molecule has 0 fully saturated rings. The van der Waals surface area contributed by atoms with Crippen LogP contribution in [0.4, 0.5) is 11.4 Å². The summed E-state index contributed by atoms with van der Waals surface area (Å²) in [6.07, 6.45) is 1.00. The summed E-state index contributed by atoms with van der Waals surface area (Å²) in [6.45, 7) is 6.20. The number of carbonyl (C=O) groups is 1. The van der Waals surface area contributed by atoms with E-state index in [1.807, 2.05) is 19.1 Å². The van der Waals surface area contributed by atoms with Gasteiger partial charge < -0.3 is 10.1 Å². The van der Waals surface area contributed by atoms with E-state index in [4.69, 9.17) is 4.74 Å². The Morgan fingerprint density at radius 1 is 0.848 bits per heavy atom. The summed E-state index contributed by atoms with van der Waals surface area (Å²) in [4.78, 5) is 12.8. The largest absolute Gasteiger partial charge is 0.497 e. The lowest BCUT2D eigenvalue weighted by Crippen LogP contribution is -2.19. The summed E-state index contributed by atoms with van der Waals surface area (Å²) < 4.78 is 32.9. The molecule has 1 unspecified atom stereocenters. The first-order chi connectivity index (χ1) is 15.7. The van der Waals surface area contributed by atoms with Gasteiger partial charge in [-0.2, -0.15) is 0 Å². The van der Waals surface area contributed by atoms with Crippen LogP contribution in [0.1, 0.15) is 37.8 Å². The average molecular weight is 467 g/mol. The summed E-state index contributed by atoms with van der Waals surface area (Å²) in [5.74, 6) is 0.727. The summed E-state index contributed by atoms with van der Waals surface area (Å²) in [5.41, 5.74) is 3.15. The Kier molecular flexibility index (Phi) is 7.76. The Hall–Kier alpha value is -3.32. The maximum absolute atomic E-state index is 12.7. The van der Waals surface area contributed by atoms with E-state index in [9.17, 15) is 13.2 Å². The molecule has 0 aliphatic heterocycles. The lowest BCUT2D eigenvalue weighted by molar-refractivity contribution is -0.117. The molecule has 0 aromatic heterocycles. The van der Waals surface area contributed by atoms with Crippen molar-refractivity contribution in [3.8, 4) is 5.75 Å². The fourth-order valence-electron chi connectivity index (χ4n) is 3.41. The van der Waals surface area contributed by atoms with Crippen molar-refractivity contribution in [3.63, 3.8) is 0 Å². The Morgan fingerprint density at radius 3 is 1.97 bits per heavy atom. The molecule has 0 heterocycles. The van der Waals surface area contributed by atoms with Crippen molar-refractivity contribution < 1.29 is 17.9 Å². The minimum atomic E-state index is -3.75. The van der Waals surface area contributed by atoms with Gasteiger partial charge in [0.15, 0.2) is 0 Å². The Labute approximate surface area is 196 Å². The Bertz CT molecular complexity index is 1170. The van der Waals surface area contributed by atoms with Crippen LogP contribution in [0, 0.1) is 5.92 Å². The van der Waals surface area contributed by atoms with Crippen LogP contribution in [0.5, 0.6) is 5.75 Å². The van der Waals surface area contributed by atoms with E-state index < -0.39 is 10.0 Å². The normalized spacial score (nSPS) is 12.3. The number of hydrogen-bond acceptors (Lipinski definition) is 4. The van der Waals surface area contributed by atoms with Crippen molar-refractivity contribution in [1.82, 2.24) is 0 Å². The highest BCUT2D eigenvalue weighted by Crippen LogP contribution is 2.23. The van der Waals surface area contributed by atoms with E-state index in [0.717, 1.165) is 12.0 Å². The van der Waals surface area contributed by atoms with Gasteiger partial charge >= 0.3 is 0 Å². The molecule has 0 saturated carbocycles. The molecular formula is C26H30N2O4S. The van der Waals surface area contributed by atoms with Crippen LogP contribution in [0.3, 0.4) is 0 Å². The van der Waals surface area contributed by atoms with Crippen LogP contribution in [0.2, 0.25) is 0 Å². The number of nitrogens with one attached hydrogen (secondary N) is 2.